The van der Waals surface area contributed by atoms with Gasteiger partial charge >= 0.3 is 0 Å². The summed E-state index contributed by atoms with van der Waals surface area (Å²) in [6.45, 7) is 3.51. The first-order valence-electron chi connectivity index (χ1n) is 9.29. The normalized spacial score (nSPS) is 11.0. The minimum absolute atomic E-state index is 0.164. The van der Waals surface area contributed by atoms with Gasteiger partial charge in [-0.3, -0.25) is 4.79 Å². The van der Waals surface area contributed by atoms with E-state index < -0.39 is 0 Å². The van der Waals surface area contributed by atoms with Crippen molar-refractivity contribution in [2.24, 2.45) is 0 Å². The highest BCUT2D eigenvalue weighted by molar-refractivity contribution is 5.99. The maximum absolute atomic E-state index is 13.3. The predicted molar refractivity (Wildman–Crippen MR) is 109 cm³/mol. The third-order valence-electron chi connectivity index (χ3n) is 4.44. The van der Waals surface area contributed by atoms with Crippen molar-refractivity contribution in [3.63, 3.8) is 0 Å². The zero-order chi connectivity index (χ0) is 20.1. The summed E-state index contributed by atoms with van der Waals surface area (Å²) in [4.78, 5) is 14.9. The maximum atomic E-state index is 13.3. The standard InChI is InChI=1S/C22H25FN4O/c1-16-5-7-17(8-6-16)21-20(22(28)24-13-4-14-26(2)3)15-27(25-21)19-11-9-18(23)10-12-19/h5-12,15H,4,13-14H2,1-3H3,(H,24,28). The second kappa shape index (κ2) is 8.80. The summed E-state index contributed by atoms with van der Waals surface area (Å²) in [5.41, 5.74) is 3.80. The molecule has 1 aromatic heterocycles. The fourth-order valence-corrected chi connectivity index (χ4v) is 2.88. The number of nitrogens with one attached hydrogen (secondary N) is 1. The molecule has 1 amide bonds. The van der Waals surface area contributed by atoms with Crippen LogP contribution in [0.1, 0.15) is 22.3 Å². The number of amides is 1. The maximum Gasteiger partial charge on any atom is 0.255 e. The van der Waals surface area contributed by atoms with Crippen LogP contribution < -0.4 is 5.32 Å². The third kappa shape index (κ3) is 4.84. The van der Waals surface area contributed by atoms with E-state index in [9.17, 15) is 9.18 Å². The van der Waals surface area contributed by atoms with Crippen molar-refractivity contribution in [2.75, 3.05) is 27.2 Å². The molecule has 146 valence electrons. The van der Waals surface area contributed by atoms with Crippen LogP contribution >= 0.6 is 0 Å². The summed E-state index contributed by atoms with van der Waals surface area (Å²) in [7, 11) is 4.01. The summed E-state index contributed by atoms with van der Waals surface area (Å²) < 4.78 is 14.9. The number of aryl methyl sites for hydroxylation is 1. The molecule has 0 spiro atoms. The molecule has 6 heteroatoms. The van der Waals surface area contributed by atoms with Crippen LogP contribution in [0.2, 0.25) is 0 Å². The van der Waals surface area contributed by atoms with Gasteiger partial charge in [0.05, 0.1) is 11.3 Å². The number of carbonyl (C=O) groups is 1. The van der Waals surface area contributed by atoms with E-state index >= 15 is 0 Å². The van der Waals surface area contributed by atoms with E-state index in [4.69, 9.17) is 0 Å². The second-order valence-electron chi connectivity index (χ2n) is 7.09. The van der Waals surface area contributed by atoms with E-state index in [0.717, 1.165) is 24.1 Å². The largest absolute Gasteiger partial charge is 0.352 e. The summed E-state index contributed by atoms with van der Waals surface area (Å²) in [5, 5.41) is 7.58. The summed E-state index contributed by atoms with van der Waals surface area (Å²) in [6, 6.07) is 13.9. The van der Waals surface area contributed by atoms with Gasteiger partial charge in [0.1, 0.15) is 11.5 Å². The number of halogens is 1. The molecule has 0 unspecified atom stereocenters. The Kier molecular flexibility index (Phi) is 6.21. The first kappa shape index (κ1) is 19.8. The van der Waals surface area contributed by atoms with Gasteiger partial charge < -0.3 is 10.2 Å². The Hall–Kier alpha value is -2.99. The van der Waals surface area contributed by atoms with Crippen molar-refractivity contribution in [1.29, 1.82) is 0 Å². The highest BCUT2D eigenvalue weighted by Crippen LogP contribution is 2.24. The Bertz CT molecular complexity index is 930. The average molecular weight is 380 g/mol. The van der Waals surface area contributed by atoms with Crippen molar-refractivity contribution in [3.05, 3.63) is 71.7 Å². The van der Waals surface area contributed by atoms with Gasteiger partial charge in [-0.05, 0) is 58.3 Å². The van der Waals surface area contributed by atoms with Gasteiger partial charge in [0.2, 0.25) is 0 Å². The van der Waals surface area contributed by atoms with E-state index in [-0.39, 0.29) is 11.7 Å². The molecule has 28 heavy (non-hydrogen) atoms. The minimum Gasteiger partial charge on any atom is -0.352 e. The average Bonchev–Trinajstić information content (AvgIpc) is 3.11. The van der Waals surface area contributed by atoms with Crippen LogP contribution in [0.5, 0.6) is 0 Å². The van der Waals surface area contributed by atoms with Crippen LogP contribution in [0.15, 0.2) is 54.7 Å². The number of benzene rings is 2. The Balaban J connectivity index is 1.90. The van der Waals surface area contributed by atoms with Crippen LogP contribution in [0, 0.1) is 12.7 Å². The van der Waals surface area contributed by atoms with E-state index in [0.29, 0.717) is 23.5 Å². The number of aromatic nitrogens is 2. The Morgan fingerprint density at radius 3 is 2.43 bits per heavy atom. The lowest BCUT2D eigenvalue weighted by Gasteiger charge is -2.10. The topological polar surface area (TPSA) is 50.2 Å². The molecule has 3 aromatic rings. The van der Waals surface area contributed by atoms with Gasteiger partial charge in [-0.1, -0.05) is 29.8 Å². The number of rotatable bonds is 7. The molecule has 1 N–H and O–H groups in total. The number of nitrogens with zero attached hydrogens (tertiary/aromatic N) is 3. The zero-order valence-electron chi connectivity index (χ0n) is 16.4. The molecule has 0 radical (unpaired) electrons. The SMILES string of the molecule is Cc1ccc(-c2nn(-c3ccc(F)cc3)cc2C(=O)NCCCN(C)C)cc1. The Labute approximate surface area is 164 Å². The van der Waals surface area contributed by atoms with Crippen molar-refractivity contribution in [3.8, 4) is 16.9 Å². The van der Waals surface area contributed by atoms with Crippen molar-refractivity contribution < 1.29 is 9.18 Å². The van der Waals surface area contributed by atoms with Crippen LogP contribution in [0.3, 0.4) is 0 Å². The molecular weight excluding hydrogens is 355 g/mol. The monoisotopic (exact) mass is 380 g/mol. The number of carbonyl (C=O) groups excluding carboxylic acids is 1. The molecule has 0 aliphatic heterocycles. The lowest BCUT2D eigenvalue weighted by atomic mass is 10.1. The van der Waals surface area contributed by atoms with Gasteiger partial charge in [-0.2, -0.15) is 5.10 Å². The summed E-state index contributed by atoms with van der Waals surface area (Å²) >= 11 is 0. The first-order valence-corrected chi connectivity index (χ1v) is 9.29. The van der Waals surface area contributed by atoms with Crippen LogP contribution in [-0.4, -0.2) is 47.8 Å². The van der Waals surface area contributed by atoms with Crippen molar-refractivity contribution in [2.45, 2.75) is 13.3 Å². The Morgan fingerprint density at radius 2 is 1.79 bits per heavy atom. The molecule has 0 aliphatic carbocycles. The van der Waals surface area contributed by atoms with E-state index in [1.54, 1.807) is 23.0 Å². The molecule has 5 nitrogen and oxygen atoms in total. The Morgan fingerprint density at radius 1 is 1.11 bits per heavy atom. The molecular formula is C22H25FN4O. The molecule has 2 aromatic carbocycles. The molecule has 1 heterocycles. The summed E-state index contributed by atoms with van der Waals surface area (Å²) in [5.74, 6) is -0.476. The molecule has 0 bridgehead atoms. The van der Waals surface area contributed by atoms with E-state index in [2.05, 4.69) is 15.3 Å². The molecule has 0 aliphatic rings. The predicted octanol–water partition coefficient (Wildman–Crippen LogP) is 3.67. The lowest BCUT2D eigenvalue weighted by molar-refractivity contribution is 0.0953. The van der Waals surface area contributed by atoms with Crippen molar-refractivity contribution in [1.82, 2.24) is 20.0 Å². The van der Waals surface area contributed by atoms with Crippen LogP contribution in [0.4, 0.5) is 4.39 Å². The van der Waals surface area contributed by atoms with Gasteiger partial charge in [-0.25, -0.2) is 9.07 Å². The first-order chi connectivity index (χ1) is 13.4. The van der Waals surface area contributed by atoms with Gasteiger partial charge in [0.15, 0.2) is 0 Å². The van der Waals surface area contributed by atoms with Gasteiger partial charge in [0.25, 0.3) is 5.91 Å². The number of hydrogen-bond acceptors (Lipinski definition) is 3. The van der Waals surface area contributed by atoms with Crippen molar-refractivity contribution >= 4 is 5.91 Å². The third-order valence-corrected chi connectivity index (χ3v) is 4.44. The molecule has 0 atom stereocenters. The molecule has 0 saturated carbocycles. The zero-order valence-corrected chi connectivity index (χ0v) is 16.4. The smallest absolute Gasteiger partial charge is 0.255 e. The number of hydrogen-bond donors (Lipinski definition) is 1. The lowest BCUT2D eigenvalue weighted by Crippen LogP contribution is -2.27. The highest BCUT2D eigenvalue weighted by Gasteiger charge is 2.18. The van der Waals surface area contributed by atoms with Crippen LogP contribution in [0.25, 0.3) is 16.9 Å². The van der Waals surface area contributed by atoms with E-state index in [1.807, 2.05) is 45.3 Å². The quantitative estimate of drug-likeness (QED) is 0.637. The summed E-state index contributed by atoms with van der Waals surface area (Å²) in [6.07, 6.45) is 2.56. The van der Waals surface area contributed by atoms with Gasteiger partial charge in [0, 0.05) is 18.3 Å². The van der Waals surface area contributed by atoms with E-state index in [1.165, 1.54) is 12.1 Å². The minimum atomic E-state index is -0.312. The molecule has 0 fully saturated rings. The highest BCUT2D eigenvalue weighted by atomic mass is 19.1. The molecule has 0 saturated heterocycles. The van der Waals surface area contributed by atoms with Crippen LogP contribution in [-0.2, 0) is 0 Å². The molecule has 3 rings (SSSR count). The fraction of sp³-hybridized carbons (Fsp3) is 0.273. The van der Waals surface area contributed by atoms with Gasteiger partial charge in [-0.15, -0.1) is 0 Å². The fourth-order valence-electron chi connectivity index (χ4n) is 2.88. The second-order valence-corrected chi connectivity index (χ2v) is 7.09.